The number of para-hydroxylation sites is 1. The van der Waals surface area contributed by atoms with Gasteiger partial charge in [0.05, 0.1) is 0 Å². The first-order valence-corrected chi connectivity index (χ1v) is 11.8. The molecule has 4 rings (SSSR count). The third-order valence-corrected chi connectivity index (χ3v) is 6.21. The fraction of sp³-hybridized carbons (Fsp3) is 0.333. The van der Waals surface area contributed by atoms with Gasteiger partial charge in [-0.05, 0) is 50.6 Å². The first kappa shape index (κ1) is 24.5. The van der Waals surface area contributed by atoms with Crippen molar-refractivity contribution in [2.24, 2.45) is 0 Å². The first-order valence-electron chi connectivity index (χ1n) is 10.9. The molecule has 1 saturated heterocycles. The van der Waals surface area contributed by atoms with Gasteiger partial charge < -0.3 is 15.1 Å². The van der Waals surface area contributed by atoms with Crippen LogP contribution in [0.5, 0.6) is 0 Å². The molecule has 0 unspecified atom stereocenters. The standard InChI is InChI=1S/C22H26N4S.C2H2O4/c1-18-10-6-7-13-20(18)21-23-24-22(26(21)19-11-4-2-5-12-19)27-17-16-25-14-8-3-9-15-25;3-1(4)2(5)6/h2,4-7,10-13H,3,8-9,14-17H2,1H3;(H,3,4)(H,5,6). The van der Waals surface area contributed by atoms with Gasteiger partial charge in [0.25, 0.3) is 0 Å². The van der Waals surface area contributed by atoms with Gasteiger partial charge in [0.15, 0.2) is 11.0 Å². The highest BCUT2D eigenvalue weighted by Gasteiger charge is 2.18. The lowest BCUT2D eigenvalue weighted by Gasteiger charge is -2.25. The molecule has 1 aliphatic rings. The summed E-state index contributed by atoms with van der Waals surface area (Å²) in [6, 6.07) is 18.8. The molecule has 0 radical (unpaired) electrons. The molecule has 2 N–H and O–H groups in total. The summed E-state index contributed by atoms with van der Waals surface area (Å²) in [7, 11) is 0. The van der Waals surface area contributed by atoms with Gasteiger partial charge in [-0.2, -0.15) is 0 Å². The van der Waals surface area contributed by atoms with E-state index < -0.39 is 11.9 Å². The molecule has 2 aromatic carbocycles. The van der Waals surface area contributed by atoms with Crippen LogP contribution in [0.4, 0.5) is 0 Å². The average Bonchev–Trinajstić information content (AvgIpc) is 3.24. The molecule has 33 heavy (non-hydrogen) atoms. The molecule has 0 atom stereocenters. The zero-order chi connectivity index (χ0) is 23.6. The summed E-state index contributed by atoms with van der Waals surface area (Å²) in [6.45, 7) is 5.72. The zero-order valence-electron chi connectivity index (χ0n) is 18.6. The zero-order valence-corrected chi connectivity index (χ0v) is 19.4. The summed E-state index contributed by atoms with van der Waals surface area (Å²) < 4.78 is 2.20. The van der Waals surface area contributed by atoms with Gasteiger partial charge in [-0.1, -0.05) is 60.6 Å². The molecule has 1 fully saturated rings. The Labute approximate surface area is 197 Å². The number of benzene rings is 2. The van der Waals surface area contributed by atoms with Crippen molar-refractivity contribution < 1.29 is 19.8 Å². The van der Waals surface area contributed by atoms with Gasteiger partial charge in [-0.15, -0.1) is 10.2 Å². The van der Waals surface area contributed by atoms with Crippen molar-refractivity contribution in [3.63, 3.8) is 0 Å². The van der Waals surface area contributed by atoms with Crippen LogP contribution in [0.15, 0.2) is 59.8 Å². The number of carboxylic acids is 2. The number of hydrogen-bond acceptors (Lipinski definition) is 6. The number of aryl methyl sites for hydroxylation is 1. The highest BCUT2D eigenvalue weighted by atomic mass is 32.2. The summed E-state index contributed by atoms with van der Waals surface area (Å²) in [5, 5.41) is 24.9. The third-order valence-electron chi connectivity index (χ3n) is 5.30. The predicted octanol–water partition coefficient (Wildman–Crippen LogP) is 3.98. The predicted molar refractivity (Wildman–Crippen MR) is 128 cm³/mol. The highest BCUT2D eigenvalue weighted by molar-refractivity contribution is 7.99. The van der Waals surface area contributed by atoms with Crippen LogP contribution >= 0.6 is 11.8 Å². The molecule has 0 bridgehead atoms. The second kappa shape index (κ2) is 12.2. The van der Waals surface area contributed by atoms with Crippen molar-refractivity contribution in [2.45, 2.75) is 31.3 Å². The fourth-order valence-corrected chi connectivity index (χ4v) is 4.57. The van der Waals surface area contributed by atoms with E-state index in [1.807, 2.05) is 6.07 Å². The SMILES string of the molecule is Cc1ccccc1-c1nnc(SCCN2CCCCC2)n1-c1ccccc1.O=C(O)C(=O)O. The third kappa shape index (κ3) is 6.90. The number of carboxylic acid groups (broad SMARTS) is 2. The average molecular weight is 469 g/mol. The smallest absolute Gasteiger partial charge is 0.414 e. The van der Waals surface area contributed by atoms with Crippen LogP contribution in [0.3, 0.4) is 0 Å². The van der Waals surface area contributed by atoms with Gasteiger partial charge in [0.1, 0.15) is 0 Å². The first-order chi connectivity index (χ1) is 16.0. The minimum absolute atomic E-state index is 0.916. The molecule has 3 aromatic rings. The van der Waals surface area contributed by atoms with Crippen molar-refractivity contribution >= 4 is 23.7 Å². The number of piperidine rings is 1. The number of hydrogen-bond donors (Lipinski definition) is 2. The van der Waals surface area contributed by atoms with E-state index in [1.54, 1.807) is 11.8 Å². The summed E-state index contributed by atoms with van der Waals surface area (Å²) in [5.74, 6) is -1.69. The van der Waals surface area contributed by atoms with E-state index >= 15 is 0 Å². The van der Waals surface area contributed by atoms with E-state index in [2.05, 4.69) is 75.1 Å². The molecular formula is C24H28N4O4S. The Morgan fingerprint density at radius 1 is 0.909 bits per heavy atom. The number of rotatable bonds is 6. The maximum absolute atomic E-state index is 9.10. The van der Waals surface area contributed by atoms with Crippen molar-refractivity contribution in [1.82, 2.24) is 19.7 Å². The monoisotopic (exact) mass is 468 g/mol. The molecular weight excluding hydrogens is 440 g/mol. The van der Waals surface area contributed by atoms with Crippen molar-refractivity contribution in [1.29, 1.82) is 0 Å². The van der Waals surface area contributed by atoms with E-state index in [9.17, 15) is 0 Å². The van der Waals surface area contributed by atoms with E-state index in [0.717, 1.165) is 34.5 Å². The molecule has 8 nitrogen and oxygen atoms in total. The van der Waals surface area contributed by atoms with Gasteiger partial charge in [0, 0.05) is 23.5 Å². The van der Waals surface area contributed by atoms with Crippen LogP contribution in [0, 0.1) is 6.92 Å². The molecule has 0 amide bonds. The van der Waals surface area contributed by atoms with Crippen LogP contribution in [-0.4, -0.2) is 67.2 Å². The van der Waals surface area contributed by atoms with E-state index in [1.165, 1.54) is 37.9 Å². The molecule has 0 saturated carbocycles. The Morgan fingerprint density at radius 2 is 1.55 bits per heavy atom. The van der Waals surface area contributed by atoms with Crippen LogP contribution < -0.4 is 0 Å². The Kier molecular flexibility index (Phi) is 9.03. The fourth-order valence-electron chi connectivity index (χ4n) is 3.62. The van der Waals surface area contributed by atoms with Crippen LogP contribution in [0.2, 0.25) is 0 Å². The lowest BCUT2D eigenvalue weighted by molar-refractivity contribution is -0.159. The van der Waals surface area contributed by atoms with Crippen molar-refractivity contribution in [2.75, 3.05) is 25.4 Å². The van der Waals surface area contributed by atoms with E-state index in [0.29, 0.717) is 0 Å². The van der Waals surface area contributed by atoms with Gasteiger partial charge in [0.2, 0.25) is 0 Å². The lowest BCUT2D eigenvalue weighted by atomic mass is 10.1. The van der Waals surface area contributed by atoms with Gasteiger partial charge >= 0.3 is 11.9 Å². The van der Waals surface area contributed by atoms with Crippen LogP contribution in [0.25, 0.3) is 17.1 Å². The molecule has 174 valence electrons. The van der Waals surface area contributed by atoms with E-state index in [4.69, 9.17) is 19.8 Å². The summed E-state index contributed by atoms with van der Waals surface area (Å²) in [5.41, 5.74) is 3.46. The minimum atomic E-state index is -1.82. The molecule has 1 aliphatic heterocycles. The molecule has 9 heteroatoms. The van der Waals surface area contributed by atoms with Gasteiger partial charge in [-0.3, -0.25) is 4.57 Å². The quantitative estimate of drug-likeness (QED) is 0.413. The largest absolute Gasteiger partial charge is 0.473 e. The maximum Gasteiger partial charge on any atom is 0.414 e. The normalized spacial score (nSPS) is 13.7. The Hall–Kier alpha value is -3.17. The van der Waals surface area contributed by atoms with Crippen LogP contribution in [-0.2, 0) is 9.59 Å². The molecule has 0 spiro atoms. The number of nitrogens with zero attached hydrogens (tertiary/aromatic N) is 4. The van der Waals surface area contributed by atoms with Gasteiger partial charge in [-0.25, -0.2) is 9.59 Å². The summed E-state index contributed by atoms with van der Waals surface area (Å²) in [4.78, 5) is 20.8. The van der Waals surface area contributed by atoms with Crippen LogP contribution in [0.1, 0.15) is 24.8 Å². The number of likely N-dealkylation sites (tertiary alicyclic amines) is 1. The summed E-state index contributed by atoms with van der Waals surface area (Å²) >= 11 is 1.80. The van der Waals surface area contributed by atoms with Crippen molar-refractivity contribution in [3.05, 3.63) is 60.2 Å². The highest BCUT2D eigenvalue weighted by Crippen LogP contribution is 2.29. The molecule has 2 heterocycles. The molecule has 1 aromatic heterocycles. The number of aromatic nitrogens is 3. The topological polar surface area (TPSA) is 109 Å². The number of aliphatic carboxylic acids is 2. The minimum Gasteiger partial charge on any atom is -0.473 e. The Balaban J connectivity index is 0.000000454. The maximum atomic E-state index is 9.10. The number of carbonyl (C=O) groups is 2. The van der Waals surface area contributed by atoms with E-state index in [-0.39, 0.29) is 0 Å². The summed E-state index contributed by atoms with van der Waals surface area (Å²) in [6.07, 6.45) is 4.05. The number of thioether (sulfide) groups is 1. The second-order valence-electron chi connectivity index (χ2n) is 7.65. The second-order valence-corrected chi connectivity index (χ2v) is 8.72. The Bertz CT molecular complexity index is 1050. The lowest BCUT2D eigenvalue weighted by Crippen LogP contribution is -2.31. The van der Waals surface area contributed by atoms with Crippen molar-refractivity contribution in [3.8, 4) is 17.1 Å². The molecule has 0 aliphatic carbocycles. The Morgan fingerprint density at radius 3 is 2.18 bits per heavy atom.